The van der Waals surface area contributed by atoms with Crippen molar-refractivity contribution in [2.24, 2.45) is 0 Å². The lowest BCUT2D eigenvalue weighted by molar-refractivity contribution is 0.0560. The van der Waals surface area contributed by atoms with E-state index in [1.165, 1.54) is 18.4 Å². The van der Waals surface area contributed by atoms with Gasteiger partial charge in [-0.15, -0.1) is 0 Å². The fourth-order valence-electron chi connectivity index (χ4n) is 3.18. The minimum atomic E-state index is -1.02. The number of hydrogen-bond donors (Lipinski definition) is 1. The van der Waals surface area contributed by atoms with Crippen LogP contribution in [0.1, 0.15) is 36.1 Å². The lowest BCUT2D eigenvalue weighted by Crippen LogP contribution is -2.34. The SMILES string of the molecule is Cc1ccc([C@](O)(CCN2CCCC2)c2ccccn2)cc1. The molecular weight excluding hydrogens is 272 g/mol. The molecule has 2 aromatic rings. The Balaban J connectivity index is 1.88. The molecule has 0 saturated carbocycles. The van der Waals surface area contributed by atoms with Gasteiger partial charge >= 0.3 is 0 Å². The van der Waals surface area contributed by atoms with Gasteiger partial charge in [-0.25, -0.2) is 0 Å². The molecule has 116 valence electrons. The summed E-state index contributed by atoms with van der Waals surface area (Å²) >= 11 is 0. The highest BCUT2D eigenvalue weighted by atomic mass is 16.3. The van der Waals surface area contributed by atoms with Crippen molar-refractivity contribution < 1.29 is 5.11 Å². The van der Waals surface area contributed by atoms with E-state index in [0.29, 0.717) is 6.42 Å². The van der Waals surface area contributed by atoms with Crippen molar-refractivity contribution in [1.29, 1.82) is 0 Å². The highest BCUT2D eigenvalue weighted by Crippen LogP contribution is 2.32. The summed E-state index contributed by atoms with van der Waals surface area (Å²) in [5.74, 6) is 0. The molecule has 1 aromatic heterocycles. The monoisotopic (exact) mass is 296 g/mol. The first kappa shape index (κ1) is 15.2. The van der Waals surface area contributed by atoms with E-state index >= 15 is 0 Å². The topological polar surface area (TPSA) is 36.4 Å². The van der Waals surface area contributed by atoms with Crippen LogP contribution in [0.25, 0.3) is 0 Å². The van der Waals surface area contributed by atoms with Gasteiger partial charge in [0, 0.05) is 12.7 Å². The Labute approximate surface area is 132 Å². The zero-order valence-electron chi connectivity index (χ0n) is 13.2. The lowest BCUT2D eigenvalue weighted by atomic mass is 9.86. The molecule has 3 heteroatoms. The average Bonchev–Trinajstić information content (AvgIpc) is 3.08. The minimum Gasteiger partial charge on any atom is -0.379 e. The summed E-state index contributed by atoms with van der Waals surface area (Å²) in [6.07, 6.45) is 4.97. The summed E-state index contributed by atoms with van der Waals surface area (Å²) in [5.41, 5.74) is 1.85. The van der Waals surface area contributed by atoms with Crippen LogP contribution in [0.5, 0.6) is 0 Å². The van der Waals surface area contributed by atoms with Crippen LogP contribution >= 0.6 is 0 Å². The van der Waals surface area contributed by atoms with Crippen molar-refractivity contribution in [2.75, 3.05) is 19.6 Å². The van der Waals surface area contributed by atoms with Gasteiger partial charge in [-0.2, -0.15) is 0 Å². The largest absolute Gasteiger partial charge is 0.379 e. The Kier molecular flexibility index (Phi) is 4.55. The number of likely N-dealkylation sites (tertiary alicyclic amines) is 1. The summed E-state index contributed by atoms with van der Waals surface area (Å²) in [4.78, 5) is 6.86. The molecule has 0 radical (unpaired) electrons. The van der Waals surface area contributed by atoms with Crippen LogP contribution in [0.2, 0.25) is 0 Å². The molecular formula is C19H24N2O. The molecule has 0 bridgehead atoms. The van der Waals surface area contributed by atoms with Crippen molar-refractivity contribution in [3.05, 3.63) is 65.5 Å². The molecule has 1 aliphatic heterocycles. The Morgan fingerprint density at radius 3 is 2.45 bits per heavy atom. The number of benzene rings is 1. The molecule has 0 amide bonds. The van der Waals surface area contributed by atoms with Crippen LogP contribution in [-0.2, 0) is 5.60 Å². The van der Waals surface area contributed by atoms with Gasteiger partial charge in [-0.3, -0.25) is 4.98 Å². The predicted molar refractivity (Wildman–Crippen MR) is 88.7 cm³/mol. The summed E-state index contributed by atoms with van der Waals surface area (Å²) in [7, 11) is 0. The van der Waals surface area contributed by atoms with E-state index in [9.17, 15) is 5.11 Å². The number of aromatic nitrogens is 1. The zero-order chi connectivity index (χ0) is 15.4. The van der Waals surface area contributed by atoms with Gasteiger partial charge in [-0.05, 0) is 57.0 Å². The van der Waals surface area contributed by atoms with Crippen LogP contribution in [0.4, 0.5) is 0 Å². The second-order valence-electron chi connectivity index (χ2n) is 6.24. The molecule has 1 saturated heterocycles. The average molecular weight is 296 g/mol. The maximum absolute atomic E-state index is 11.4. The Morgan fingerprint density at radius 2 is 1.82 bits per heavy atom. The standard InChI is InChI=1S/C19H24N2O/c1-16-7-9-17(10-8-16)19(22,18-6-2-3-12-20-18)11-15-21-13-4-5-14-21/h2-3,6-10,12,22H,4-5,11,13-15H2,1H3/t19-/m1/s1. The van der Waals surface area contributed by atoms with Gasteiger partial charge < -0.3 is 10.0 Å². The van der Waals surface area contributed by atoms with Crippen LogP contribution in [0.3, 0.4) is 0 Å². The number of pyridine rings is 1. The van der Waals surface area contributed by atoms with E-state index in [0.717, 1.165) is 30.9 Å². The Hall–Kier alpha value is -1.71. The molecule has 3 nitrogen and oxygen atoms in total. The maximum Gasteiger partial charge on any atom is 0.133 e. The molecule has 22 heavy (non-hydrogen) atoms. The highest BCUT2D eigenvalue weighted by Gasteiger charge is 2.33. The Morgan fingerprint density at radius 1 is 1.09 bits per heavy atom. The van der Waals surface area contributed by atoms with Crippen molar-refractivity contribution in [3.63, 3.8) is 0 Å². The third kappa shape index (κ3) is 3.21. The number of rotatable bonds is 5. The van der Waals surface area contributed by atoms with Crippen LogP contribution in [0.15, 0.2) is 48.7 Å². The van der Waals surface area contributed by atoms with Gasteiger partial charge in [0.05, 0.1) is 5.69 Å². The van der Waals surface area contributed by atoms with Gasteiger partial charge in [0.15, 0.2) is 0 Å². The smallest absolute Gasteiger partial charge is 0.133 e. The zero-order valence-corrected chi connectivity index (χ0v) is 13.2. The van der Waals surface area contributed by atoms with Crippen molar-refractivity contribution >= 4 is 0 Å². The molecule has 1 aromatic carbocycles. The quantitative estimate of drug-likeness (QED) is 0.921. The summed E-state index contributed by atoms with van der Waals surface area (Å²) in [6, 6.07) is 13.9. The molecule has 0 spiro atoms. The van der Waals surface area contributed by atoms with Gasteiger partial charge in [0.1, 0.15) is 5.60 Å². The van der Waals surface area contributed by atoms with Gasteiger partial charge in [0.25, 0.3) is 0 Å². The highest BCUT2D eigenvalue weighted by molar-refractivity contribution is 5.34. The molecule has 3 rings (SSSR count). The number of aliphatic hydroxyl groups is 1. The minimum absolute atomic E-state index is 0.674. The van der Waals surface area contributed by atoms with Crippen LogP contribution in [0, 0.1) is 6.92 Å². The van der Waals surface area contributed by atoms with Crippen molar-refractivity contribution in [2.45, 2.75) is 31.8 Å². The third-order valence-corrected chi connectivity index (χ3v) is 4.61. The van der Waals surface area contributed by atoms with E-state index in [1.54, 1.807) is 6.20 Å². The maximum atomic E-state index is 11.4. The van der Waals surface area contributed by atoms with E-state index < -0.39 is 5.60 Å². The van der Waals surface area contributed by atoms with Crippen LogP contribution < -0.4 is 0 Å². The van der Waals surface area contributed by atoms with E-state index in [4.69, 9.17) is 0 Å². The fraction of sp³-hybridized carbons (Fsp3) is 0.421. The lowest BCUT2D eigenvalue weighted by Gasteiger charge is -2.30. The molecule has 1 atom stereocenters. The first-order valence-electron chi connectivity index (χ1n) is 8.12. The number of hydrogen-bond acceptors (Lipinski definition) is 3. The fourth-order valence-corrected chi connectivity index (χ4v) is 3.18. The second kappa shape index (κ2) is 6.59. The molecule has 0 unspecified atom stereocenters. The van der Waals surface area contributed by atoms with E-state index in [1.807, 2.05) is 30.3 Å². The van der Waals surface area contributed by atoms with Crippen molar-refractivity contribution in [1.82, 2.24) is 9.88 Å². The molecule has 2 heterocycles. The predicted octanol–water partition coefficient (Wildman–Crippen LogP) is 3.11. The molecule has 1 N–H and O–H groups in total. The molecule has 1 aliphatic rings. The van der Waals surface area contributed by atoms with E-state index in [-0.39, 0.29) is 0 Å². The Bertz CT molecular complexity index is 591. The first-order chi connectivity index (χ1) is 10.7. The normalized spacial score (nSPS) is 18.3. The summed E-state index contributed by atoms with van der Waals surface area (Å²) in [5, 5.41) is 11.4. The second-order valence-corrected chi connectivity index (χ2v) is 6.24. The number of nitrogens with zero attached hydrogens (tertiary/aromatic N) is 2. The van der Waals surface area contributed by atoms with Crippen molar-refractivity contribution in [3.8, 4) is 0 Å². The number of aryl methyl sites for hydroxylation is 1. The van der Waals surface area contributed by atoms with E-state index in [2.05, 4.69) is 28.9 Å². The van der Waals surface area contributed by atoms with Gasteiger partial charge in [-0.1, -0.05) is 35.9 Å². The first-order valence-corrected chi connectivity index (χ1v) is 8.12. The van der Waals surface area contributed by atoms with Gasteiger partial charge in [0.2, 0.25) is 0 Å². The molecule has 1 fully saturated rings. The molecule has 0 aliphatic carbocycles. The summed E-state index contributed by atoms with van der Waals surface area (Å²) < 4.78 is 0. The van der Waals surface area contributed by atoms with Crippen LogP contribution in [-0.4, -0.2) is 34.6 Å². The summed E-state index contributed by atoms with van der Waals surface area (Å²) in [6.45, 7) is 5.26. The third-order valence-electron chi connectivity index (χ3n) is 4.61.